The highest BCUT2D eigenvalue weighted by Gasteiger charge is 2.04. The van der Waals surface area contributed by atoms with Crippen molar-refractivity contribution >= 4 is 0 Å². The fourth-order valence-electron chi connectivity index (χ4n) is 2.05. The van der Waals surface area contributed by atoms with E-state index in [0.29, 0.717) is 0 Å². The van der Waals surface area contributed by atoms with Gasteiger partial charge in [0.25, 0.3) is 0 Å². The Balaban J connectivity index is 2.35. The molecule has 0 heterocycles. The van der Waals surface area contributed by atoms with Gasteiger partial charge >= 0.3 is 0 Å². The summed E-state index contributed by atoms with van der Waals surface area (Å²) in [7, 11) is 3.39. The van der Waals surface area contributed by atoms with Crippen molar-refractivity contribution in [1.82, 2.24) is 5.32 Å². The fraction of sp³-hybridized carbons (Fsp3) is 0.625. The molecule has 1 N–H and O–H groups in total. The summed E-state index contributed by atoms with van der Waals surface area (Å²) in [5.74, 6) is 2.59. The van der Waals surface area contributed by atoms with Crippen LogP contribution >= 0.6 is 0 Å². The molecule has 0 aliphatic rings. The molecule has 19 heavy (non-hydrogen) atoms. The summed E-state index contributed by atoms with van der Waals surface area (Å²) < 4.78 is 10.6. The van der Waals surface area contributed by atoms with E-state index in [1.807, 2.05) is 18.2 Å². The van der Waals surface area contributed by atoms with Gasteiger partial charge in [-0.05, 0) is 37.1 Å². The third kappa shape index (κ3) is 5.97. The summed E-state index contributed by atoms with van der Waals surface area (Å²) in [5.41, 5.74) is 1.14. The van der Waals surface area contributed by atoms with Crippen LogP contribution in [-0.2, 0) is 6.54 Å². The Morgan fingerprint density at radius 2 is 1.89 bits per heavy atom. The largest absolute Gasteiger partial charge is 0.497 e. The fourth-order valence-corrected chi connectivity index (χ4v) is 2.05. The Kier molecular flexibility index (Phi) is 7.34. The first-order valence-corrected chi connectivity index (χ1v) is 7.09. The van der Waals surface area contributed by atoms with Gasteiger partial charge in [-0.25, -0.2) is 0 Å². The standard InChI is InChI=1S/C16H27NO2/c1-13(2)7-5-6-10-17-12-14-11-15(18-3)8-9-16(14)19-4/h8-9,11,13,17H,5-7,10,12H2,1-4H3. The molecule has 0 aliphatic carbocycles. The first-order valence-electron chi connectivity index (χ1n) is 7.09. The summed E-state index contributed by atoms with van der Waals surface area (Å²) >= 11 is 0. The van der Waals surface area contributed by atoms with E-state index in [1.54, 1.807) is 14.2 Å². The molecule has 0 aliphatic heterocycles. The highest BCUT2D eigenvalue weighted by atomic mass is 16.5. The van der Waals surface area contributed by atoms with Gasteiger partial charge in [0.15, 0.2) is 0 Å². The summed E-state index contributed by atoms with van der Waals surface area (Å²) in [5, 5.41) is 3.47. The van der Waals surface area contributed by atoms with Crippen molar-refractivity contribution < 1.29 is 9.47 Å². The van der Waals surface area contributed by atoms with Crippen LogP contribution in [0.2, 0.25) is 0 Å². The molecule has 0 bridgehead atoms. The first kappa shape index (κ1) is 15.8. The number of unbranched alkanes of at least 4 members (excludes halogenated alkanes) is 1. The van der Waals surface area contributed by atoms with Crippen molar-refractivity contribution in [3.63, 3.8) is 0 Å². The lowest BCUT2D eigenvalue weighted by Crippen LogP contribution is -2.15. The minimum Gasteiger partial charge on any atom is -0.497 e. The zero-order chi connectivity index (χ0) is 14.1. The van der Waals surface area contributed by atoms with Gasteiger partial charge in [0.1, 0.15) is 11.5 Å². The summed E-state index contributed by atoms with van der Waals surface area (Å²) in [6, 6.07) is 5.90. The van der Waals surface area contributed by atoms with Crippen molar-refractivity contribution in [3.8, 4) is 11.5 Å². The van der Waals surface area contributed by atoms with Crippen molar-refractivity contribution in [2.75, 3.05) is 20.8 Å². The number of methoxy groups -OCH3 is 2. The maximum atomic E-state index is 5.36. The average molecular weight is 265 g/mol. The molecule has 1 aromatic carbocycles. The van der Waals surface area contributed by atoms with Gasteiger partial charge in [-0.15, -0.1) is 0 Å². The molecular formula is C16H27NO2. The third-order valence-electron chi connectivity index (χ3n) is 3.19. The molecule has 0 unspecified atom stereocenters. The Bertz CT molecular complexity index is 364. The second-order valence-electron chi connectivity index (χ2n) is 5.24. The molecule has 0 aromatic heterocycles. The van der Waals surface area contributed by atoms with E-state index >= 15 is 0 Å². The van der Waals surface area contributed by atoms with E-state index in [9.17, 15) is 0 Å². The molecule has 0 saturated heterocycles. The lowest BCUT2D eigenvalue weighted by molar-refractivity contribution is 0.397. The molecule has 0 spiro atoms. The van der Waals surface area contributed by atoms with Gasteiger partial charge in [-0.2, -0.15) is 0 Å². The second kappa shape index (κ2) is 8.81. The molecule has 1 aromatic rings. The molecule has 0 fully saturated rings. The van der Waals surface area contributed by atoms with Gasteiger partial charge in [0.05, 0.1) is 14.2 Å². The predicted molar refractivity (Wildman–Crippen MR) is 79.9 cm³/mol. The number of benzene rings is 1. The molecule has 0 saturated carbocycles. The number of rotatable bonds is 9. The number of hydrogen-bond acceptors (Lipinski definition) is 3. The van der Waals surface area contributed by atoms with Crippen LogP contribution in [0.5, 0.6) is 11.5 Å². The van der Waals surface area contributed by atoms with E-state index in [4.69, 9.17) is 9.47 Å². The summed E-state index contributed by atoms with van der Waals surface area (Å²) in [6.07, 6.45) is 3.83. The van der Waals surface area contributed by atoms with Crippen LogP contribution < -0.4 is 14.8 Å². The lowest BCUT2D eigenvalue weighted by atomic mass is 10.1. The molecule has 108 valence electrons. The molecule has 3 nitrogen and oxygen atoms in total. The molecule has 0 amide bonds. The van der Waals surface area contributed by atoms with E-state index in [1.165, 1.54) is 19.3 Å². The maximum absolute atomic E-state index is 5.36. The SMILES string of the molecule is COc1ccc(OC)c(CNCCCCC(C)C)c1. The van der Waals surface area contributed by atoms with Gasteiger partial charge < -0.3 is 14.8 Å². The topological polar surface area (TPSA) is 30.5 Å². The molecule has 3 heteroatoms. The van der Waals surface area contributed by atoms with Crippen molar-refractivity contribution in [1.29, 1.82) is 0 Å². The quantitative estimate of drug-likeness (QED) is 0.692. The molecule has 0 atom stereocenters. The average Bonchev–Trinajstić information content (AvgIpc) is 2.42. The molecule has 0 radical (unpaired) electrons. The lowest BCUT2D eigenvalue weighted by Gasteiger charge is -2.11. The van der Waals surface area contributed by atoms with Crippen LogP contribution in [0.4, 0.5) is 0 Å². The van der Waals surface area contributed by atoms with Crippen LogP contribution in [0.1, 0.15) is 38.7 Å². The molecule has 1 rings (SSSR count). The van der Waals surface area contributed by atoms with E-state index < -0.39 is 0 Å². The van der Waals surface area contributed by atoms with Gasteiger partial charge in [0, 0.05) is 12.1 Å². The zero-order valence-corrected chi connectivity index (χ0v) is 12.7. The van der Waals surface area contributed by atoms with Crippen molar-refractivity contribution in [2.24, 2.45) is 5.92 Å². The Labute approximate surface area is 117 Å². The second-order valence-corrected chi connectivity index (χ2v) is 5.24. The minimum absolute atomic E-state index is 0.804. The Morgan fingerprint density at radius 3 is 2.53 bits per heavy atom. The van der Waals surface area contributed by atoms with Crippen LogP contribution in [0.15, 0.2) is 18.2 Å². The van der Waals surface area contributed by atoms with Crippen molar-refractivity contribution in [3.05, 3.63) is 23.8 Å². The summed E-state index contributed by atoms with van der Waals surface area (Å²) in [4.78, 5) is 0. The predicted octanol–water partition coefficient (Wildman–Crippen LogP) is 3.62. The first-order chi connectivity index (χ1) is 9.17. The zero-order valence-electron chi connectivity index (χ0n) is 12.7. The van der Waals surface area contributed by atoms with Gasteiger partial charge in [-0.1, -0.05) is 26.7 Å². The van der Waals surface area contributed by atoms with Gasteiger partial charge in [-0.3, -0.25) is 0 Å². The summed E-state index contributed by atoms with van der Waals surface area (Å²) in [6.45, 7) is 6.41. The monoisotopic (exact) mass is 265 g/mol. The minimum atomic E-state index is 0.804. The molecular weight excluding hydrogens is 238 g/mol. The highest BCUT2D eigenvalue weighted by Crippen LogP contribution is 2.23. The van der Waals surface area contributed by atoms with Crippen LogP contribution in [0.25, 0.3) is 0 Å². The van der Waals surface area contributed by atoms with E-state index in [-0.39, 0.29) is 0 Å². The number of hydrogen-bond donors (Lipinski definition) is 1. The Hall–Kier alpha value is -1.22. The Morgan fingerprint density at radius 1 is 1.11 bits per heavy atom. The smallest absolute Gasteiger partial charge is 0.123 e. The van der Waals surface area contributed by atoms with E-state index in [0.717, 1.165) is 36.1 Å². The maximum Gasteiger partial charge on any atom is 0.123 e. The van der Waals surface area contributed by atoms with Gasteiger partial charge in [0.2, 0.25) is 0 Å². The number of nitrogens with one attached hydrogen (secondary N) is 1. The normalized spacial score (nSPS) is 10.8. The van der Waals surface area contributed by atoms with E-state index in [2.05, 4.69) is 19.2 Å². The van der Waals surface area contributed by atoms with Crippen molar-refractivity contribution in [2.45, 2.75) is 39.7 Å². The van der Waals surface area contributed by atoms with Crippen LogP contribution in [0.3, 0.4) is 0 Å². The third-order valence-corrected chi connectivity index (χ3v) is 3.19. The van der Waals surface area contributed by atoms with Crippen LogP contribution in [0, 0.1) is 5.92 Å². The number of ether oxygens (including phenoxy) is 2. The highest BCUT2D eigenvalue weighted by molar-refractivity contribution is 5.40. The van der Waals surface area contributed by atoms with Crippen LogP contribution in [-0.4, -0.2) is 20.8 Å².